The van der Waals surface area contributed by atoms with Crippen LogP contribution < -0.4 is 11.1 Å². The molecule has 2 fully saturated rings. The lowest BCUT2D eigenvalue weighted by atomic mass is 9.88. The Kier molecular flexibility index (Phi) is 8.91. The summed E-state index contributed by atoms with van der Waals surface area (Å²) in [5, 5.41) is 72.2. The highest BCUT2D eigenvalue weighted by molar-refractivity contribution is 5.76. The van der Waals surface area contributed by atoms with Crippen molar-refractivity contribution in [3.63, 3.8) is 0 Å². The normalized spacial score (nSPS) is 42.2. The van der Waals surface area contributed by atoms with Crippen LogP contribution in [0.2, 0.25) is 0 Å². The summed E-state index contributed by atoms with van der Waals surface area (Å²) in [7, 11) is 0. The van der Waals surface area contributed by atoms with Gasteiger partial charge >= 0.3 is 5.97 Å². The van der Waals surface area contributed by atoms with Gasteiger partial charge in [-0.1, -0.05) is 0 Å². The molecule has 11 atom stereocenters. The third kappa shape index (κ3) is 5.53. The molecular formula is C18H32N2O12. The van der Waals surface area contributed by atoms with Crippen molar-refractivity contribution >= 4 is 11.9 Å². The van der Waals surface area contributed by atoms with E-state index in [1.165, 1.54) is 0 Å². The predicted molar refractivity (Wildman–Crippen MR) is 103 cm³/mol. The van der Waals surface area contributed by atoms with Crippen LogP contribution in [0.3, 0.4) is 0 Å². The average Bonchev–Trinajstić information content (AvgIpc) is 2.73. The zero-order valence-electron chi connectivity index (χ0n) is 17.6. The molecule has 0 saturated carbocycles. The van der Waals surface area contributed by atoms with E-state index in [2.05, 4.69) is 5.32 Å². The third-order valence-corrected chi connectivity index (χ3v) is 5.72. The smallest absolute Gasteiger partial charge is 0.364 e. The predicted octanol–water partition coefficient (Wildman–Crippen LogP) is -5.01. The van der Waals surface area contributed by atoms with Gasteiger partial charge in [0.05, 0.1) is 37.5 Å². The van der Waals surface area contributed by atoms with Gasteiger partial charge in [0.15, 0.2) is 0 Å². The minimum Gasteiger partial charge on any atom is -0.477 e. The topological polar surface area (TPSA) is 241 Å². The molecule has 10 unspecified atom stereocenters. The second-order valence-corrected chi connectivity index (χ2v) is 8.13. The molecule has 2 aliphatic heterocycles. The Morgan fingerprint density at radius 3 is 2.41 bits per heavy atom. The summed E-state index contributed by atoms with van der Waals surface area (Å²) in [6.07, 6.45) is -12.5. The first-order chi connectivity index (χ1) is 14.8. The summed E-state index contributed by atoms with van der Waals surface area (Å²) >= 11 is 0. The number of aliphatic hydroxyl groups excluding tert-OH is 6. The summed E-state index contributed by atoms with van der Waals surface area (Å²) < 4.78 is 16.3. The van der Waals surface area contributed by atoms with Gasteiger partial charge in [-0.2, -0.15) is 0 Å². The van der Waals surface area contributed by atoms with Crippen LogP contribution in [0.4, 0.5) is 0 Å². The van der Waals surface area contributed by atoms with Crippen LogP contribution in [0.15, 0.2) is 0 Å². The lowest BCUT2D eigenvalue weighted by Gasteiger charge is -2.47. The number of carboxylic acids is 1. The highest BCUT2D eigenvalue weighted by Crippen LogP contribution is 2.34. The Balaban J connectivity index is 2.27. The summed E-state index contributed by atoms with van der Waals surface area (Å²) in [5.74, 6) is -4.91. The van der Waals surface area contributed by atoms with Gasteiger partial charge in [-0.05, 0) is 6.92 Å². The number of ether oxygens (including phenoxy) is 3. The van der Waals surface area contributed by atoms with Crippen LogP contribution in [-0.4, -0.2) is 128 Å². The molecule has 0 aliphatic carbocycles. The third-order valence-electron chi connectivity index (χ3n) is 5.72. The first-order valence-electron chi connectivity index (χ1n) is 10.1. The molecule has 10 N–H and O–H groups in total. The van der Waals surface area contributed by atoms with Crippen molar-refractivity contribution in [3.05, 3.63) is 0 Å². The molecule has 14 heteroatoms. The maximum atomic E-state index is 12.1. The quantitative estimate of drug-likeness (QED) is 0.162. The maximum Gasteiger partial charge on any atom is 0.364 e. The van der Waals surface area contributed by atoms with Crippen molar-refractivity contribution in [1.82, 2.24) is 5.32 Å². The Labute approximate surface area is 183 Å². The number of hydrogen-bond donors (Lipinski definition) is 9. The molecule has 0 aromatic rings. The Hall–Kier alpha value is -1.46. The number of aliphatic hydroxyl groups is 6. The second-order valence-electron chi connectivity index (χ2n) is 8.13. The first kappa shape index (κ1) is 26.8. The average molecular weight is 468 g/mol. The molecule has 2 aliphatic rings. The number of amides is 1. The highest BCUT2D eigenvalue weighted by atomic mass is 16.7. The van der Waals surface area contributed by atoms with E-state index in [-0.39, 0.29) is 0 Å². The van der Waals surface area contributed by atoms with Gasteiger partial charge in [0.2, 0.25) is 5.91 Å². The standard InChI is InChI=1S/C18H32N2O12/c1-6-11(19)15(27)14(26)10(31-6)5-30-18(17(28)29)3-8(23)12(20-7(2)22)16(32-18)13(25)9(24)4-21/h6,8-16,21,23-27H,3-5,19H2,1-2H3,(H,20,22)(H,28,29)/t6?,8?,9?,10?,11?,12?,13-,14?,15?,16?,18?/m1/s1. The fourth-order valence-electron chi connectivity index (χ4n) is 3.80. The second kappa shape index (κ2) is 10.6. The van der Waals surface area contributed by atoms with Gasteiger partial charge in [-0.3, -0.25) is 4.79 Å². The van der Waals surface area contributed by atoms with Crippen molar-refractivity contribution < 1.29 is 59.5 Å². The molecule has 0 aromatic carbocycles. The minimum absolute atomic E-state index is 0.607. The van der Waals surface area contributed by atoms with Crippen molar-refractivity contribution in [2.24, 2.45) is 5.73 Å². The van der Waals surface area contributed by atoms with Gasteiger partial charge in [0.1, 0.15) is 36.6 Å². The Morgan fingerprint density at radius 1 is 1.25 bits per heavy atom. The van der Waals surface area contributed by atoms with E-state index in [0.717, 1.165) is 6.92 Å². The van der Waals surface area contributed by atoms with Crippen LogP contribution in [0.5, 0.6) is 0 Å². The van der Waals surface area contributed by atoms with Gasteiger partial charge in [-0.25, -0.2) is 4.79 Å². The van der Waals surface area contributed by atoms with Gasteiger partial charge in [0, 0.05) is 13.3 Å². The molecule has 0 aromatic heterocycles. The number of carbonyl (C=O) groups is 2. The molecule has 2 heterocycles. The summed E-state index contributed by atoms with van der Waals surface area (Å²) in [6, 6.07) is -2.23. The number of nitrogens with two attached hydrogens (primary N) is 1. The van der Waals surface area contributed by atoms with Crippen molar-refractivity contribution in [2.45, 2.75) is 87.0 Å². The van der Waals surface area contributed by atoms with E-state index >= 15 is 0 Å². The number of carboxylic acid groups (broad SMARTS) is 1. The molecule has 1 amide bonds. The molecule has 0 bridgehead atoms. The zero-order chi connectivity index (χ0) is 24.4. The number of nitrogens with one attached hydrogen (secondary N) is 1. The van der Waals surface area contributed by atoms with Crippen molar-refractivity contribution in [3.8, 4) is 0 Å². The first-order valence-corrected chi connectivity index (χ1v) is 10.1. The molecule has 0 radical (unpaired) electrons. The summed E-state index contributed by atoms with van der Waals surface area (Å²) in [6.45, 7) is 1.14. The van der Waals surface area contributed by atoms with Crippen LogP contribution in [-0.2, 0) is 23.8 Å². The van der Waals surface area contributed by atoms with Gasteiger partial charge < -0.3 is 61.0 Å². The monoisotopic (exact) mass is 468 g/mol. The molecule has 186 valence electrons. The van der Waals surface area contributed by atoms with E-state index in [1.807, 2.05) is 0 Å². The largest absolute Gasteiger partial charge is 0.477 e. The summed E-state index contributed by atoms with van der Waals surface area (Å²) in [4.78, 5) is 23.6. The molecular weight excluding hydrogens is 436 g/mol. The summed E-state index contributed by atoms with van der Waals surface area (Å²) in [5.41, 5.74) is 5.72. The number of rotatable bonds is 8. The fourth-order valence-corrected chi connectivity index (χ4v) is 3.80. The minimum atomic E-state index is -2.58. The van der Waals surface area contributed by atoms with Gasteiger partial charge in [0.25, 0.3) is 5.79 Å². The van der Waals surface area contributed by atoms with E-state index in [0.29, 0.717) is 0 Å². The lowest BCUT2D eigenvalue weighted by Crippen LogP contribution is -2.68. The van der Waals surface area contributed by atoms with Crippen molar-refractivity contribution in [2.75, 3.05) is 13.2 Å². The fraction of sp³-hybridized carbons (Fsp3) is 0.889. The lowest BCUT2D eigenvalue weighted by molar-refractivity contribution is -0.321. The zero-order valence-corrected chi connectivity index (χ0v) is 17.6. The van der Waals surface area contributed by atoms with E-state index < -0.39 is 98.2 Å². The Morgan fingerprint density at radius 2 is 1.88 bits per heavy atom. The number of carbonyl (C=O) groups excluding carboxylic acids is 1. The van der Waals surface area contributed by atoms with E-state index in [9.17, 15) is 40.2 Å². The SMILES string of the molecule is CC(=O)NC1C(O)CC(OCC2OC(C)C(N)C(O)C2O)(C(=O)O)OC1[C@H](O)C(O)CO. The molecule has 2 saturated heterocycles. The van der Waals surface area contributed by atoms with Crippen LogP contribution in [0, 0.1) is 0 Å². The van der Waals surface area contributed by atoms with E-state index in [1.54, 1.807) is 6.92 Å². The number of aliphatic carboxylic acids is 1. The van der Waals surface area contributed by atoms with Crippen molar-refractivity contribution in [1.29, 1.82) is 0 Å². The molecule has 0 spiro atoms. The van der Waals surface area contributed by atoms with E-state index in [4.69, 9.17) is 25.1 Å². The number of hydrogen-bond acceptors (Lipinski definition) is 12. The van der Waals surface area contributed by atoms with Gasteiger partial charge in [-0.15, -0.1) is 0 Å². The Bertz CT molecular complexity index is 668. The van der Waals surface area contributed by atoms with Crippen LogP contribution >= 0.6 is 0 Å². The highest BCUT2D eigenvalue weighted by Gasteiger charge is 2.56. The molecule has 14 nitrogen and oxygen atoms in total. The molecule has 32 heavy (non-hydrogen) atoms. The van der Waals surface area contributed by atoms with Crippen LogP contribution in [0.1, 0.15) is 20.3 Å². The molecule has 2 rings (SSSR count). The van der Waals surface area contributed by atoms with Crippen LogP contribution in [0.25, 0.3) is 0 Å². The maximum absolute atomic E-state index is 12.1.